The summed E-state index contributed by atoms with van der Waals surface area (Å²) in [5.41, 5.74) is 6.62. The molecule has 1 aromatic carbocycles. The number of aromatic nitrogens is 1. The maximum Gasteiger partial charge on any atom is 0.243 e. The molecule has 0 bridgehead atoms. The first-order valence-electron chi connectivity index (χ1n) is 6.84. The van der Waals surface area contributed by atoms with E-state index in [4.69, 9.17) is 5.73 Å². The van der Waals surface area contributed by atoms with Crippen LogP contribution in [0.1, 0.15) is 30.2 Å². The van der Waals surface area contributed by atoms with E-state index in [1.807, 2.05) is 13.0 Å². The number of carbonyl (C=O) groups excluding carboxylic acids is 1. The molecule has 2 rings (SSSR count). The van der Waals surface area contributed by atoms with Crippen LogP contribution >= 0.6 is 23.7 Å². The van der Waals surface area contributed by atoms with Gasteiger partial charge >= 0.3 is 0 Å². The van der Waals surface area contributed by atoms with Gasteiger partial charge in [-0.05, 0) is 24.1 Å². The van der Waals surface area contributed by atoms with Crippen molar-refractivity contribution in [1.82, 2.24) is 4.98 Å². The highest BCUT2D eigenvalue weighted by Crippen LogP contribution is 2.21. The van der Waals surface area contributed by atoms with Crippen molar-refractivity contribution < 1.29 is 9.18 Å². The Morgan fingerprint density at radius 1 is 1.50 bits per heavy atom. The van der Waals surface area contributed by atoms with Crippen LogP contribution in [0.15, 0.2) is 30.5 Å². The van der Waals surface area contributed by atoms with Gasteiger partial charge in [-0.3, -0.25) is 4.79 Å². The zero-order chi connectivity index (χ0) is 15.2. The van der Waals surface area contributed by atoms with Crippen molar-refractivity contribution in [3.05, 3.63) is 46.7 Å². The van der Waals surface area contributed by atoms with Crippen LogP contribution in [0.25, 0.3) is 0 Å². The minimum absolute atomic E-state index is 0. The molecule has 0 spiro atoms. The lowest BCUT2D eigenvalue weighted by atomic mass is 10.1. The lowest BCUT2D eigenvalue weighted by Crippen LogP contribution is -2.35. The van der Waals surface area contributed by atoms with E-state index < -0.39 is 6.04 Å². The Hall–Kier alpha value is -1.50. The predicted molar refractivity (Wildman–Crippen MR) is 90.1 cm³/mol. The van der Waals surface area contributed by atoms with Gasteiger partial charge in [0.05, 0.1) is 6.04 Å². The van der Waals surface area contributed by atoms with Gasteiger partial charge < -0.3 is 11.1 Å². The molecule has 4 nitrogen and oxygen atoms in total. The van der Waals surface area contributed by atoms with Gasteiger partial charge in [0.2, 0.25) is 5.91 Å². The summed E-state index contributed by atoms with van der Waals surface area (Å²) in [6, 6.07) is 5.94. The predicted octanol–water partition coefficient (Wildman–Crippen LogP) is 3.36. The largest absolute Gasteiger partial charge is 0.320 e. The number of anilines is 1. The monoisotopic (exact) mass is 343 g/mol. The molecule has 7 heteroatoms. The Bertz CT molecular complexity index is 620. The molecule has 1 heterocycles. The van der Waals surface area contributed by atoms with E-state index >= 15 is 0 Å². The van der Waals surface area contributed by atoms with Crippen LogP contribution in [0, 0.1) is 5.82 Å². The highest BCUT2D eigenvalue weighted by atomic mass is 35.5. The fraction of sp³-hybridized carbons (Fsp3) is 0.333. The Labute approximate surface area is 139 Å². The van der Waals surface area contributed by atoms with E-state index in [2.05, 4.69) is 10.3 Å². The molecule has 1 unspecified atom stereocenters. The van der Waals surface area contributed by atoms with Crippen LogP contribution in [-0.2, 0) is 11.2 Å². The zero-order valence-electron chi connectivity index (χ0n) is 12.2. The molecule has 1 atom stereocenters. The second-order valence-electron chi connectivity index (χ2n) is 4.82. The fourth-order valence-corrected chi connectivity index (χ4v) is 2.78. The molecular weight excluding hydrogens is 325 g/mol. The van der Waals surface area contributed by atoms with Crippen molar-refractivity contribution in [1.29, 1.82) is 0 Å². The molecule has 0 aliphatic heterocycles. The summed E-state index contributed by atoms with van der Waals surface area (Å²) in [6.07, 6.45) is 3.79. The van der Waals surface area contributed by atoms with Crippen molar-refractivity contribution in [3.8, 4) is 0 Å². The van der Waals surface area contributed by atoms with Gasteiger partial charge in [0.15, 0.2) is 5.13 Å². The number of halogens is 2. The zero-order valence-corrected chi connectivity index (χ0v) is 13.8. The van der Waals surface area contributed by atoms with Gasteiger partial charge in [-0.25, -0.2) is 9.37 Å². The second kappa shape index (κ2) is 8.82. The van der Waals surface area contributed by atoms with E-state index in [9.17, 15) is 9.18 Å². The number of nitrogens with one attached hydrogen (secondary N) is 1. The normalized spacial score (nSPS) is 11.6. The minimum atomic E-state index is -0.509. The van der Waals surface area contributed by atoms with Gasteiger partial charge in [-0.2, -0.15) is 0 Å². The molecule has 22 heavy (non-hydrogen) atoms. The summed E-state index contributed by atoms with van der Waals surface area (Å²) < 4.78 is 13.1. The molecule has 120 valence electrons. The summed E-state index contributed by atoms with van der Waals surface area (Å²) >= 11 is 1.38. The third kappa shape index (κ3) is 5.36. The average Bonchev–Trinajstić information content (AvgIpc) is 2.86. The van der Waals surface area contributed by atoms with E-state index in [0.29, 0.717) is 18.0 Å². The van der Waals surface area contributed by atoms with E-state index in [-0.39, 0.29) is 24.1 Å². The van der Waals surface area contributed by atoms with Gasteiger partial charge in [-0.1, -0.05) is 25.5 Å². The quantitative estimate of drug-likeness (QED) is 0.845. The first kappa shape index (κ1) is 18.5. The van der Waals surface area contributed by atoms with Crippen LogP contribution in [0.2, 0.25) is 0 Å². The molecule has 1 amide bonds. The van der Waals surface area contributed by atoms with Crippen molar-refractivity contribution in [2.24, 2.45) is 5.73 Å². The minimum Gasteiger partial charge on any atom is -0.320 e. The Kier molecular flexibility index (Phi) is 7.44. The summed E-state index contributed by atoms with van der Waals surface area (Å²) in [7, 11) is 0. The van der Waals surface area contributed by atoms with E-state index in [1.54, 1.807) is 12.3 Å². The second-order valence-corrected chi connectivity index (χ2v) is 5.94. The van der Waals surface area contributed by atoms with Gasteiger partial charge in [0.25, 0.3) is 0 Å². The number of nitrogens with two attached hydrogens (primary N) is 1. The molecule has 0 aliphatic rings. The molecule has 2 aromatic rings. The Morgan fingerprint density at radius 2 is 2.27 bits per heavy atom. The number of amides is 1. The maximum atomic E-state index is 13.1. The molecule has 3 N–H and O–H groups in total. The third-order valence-corrected chi connectivity index (χ3v) is 3.90. The standard InChI is InChI=1S/C15H18FN3OS.ClH/c1-2-4-13(17)14(20)19-15-18-9-12(21-15)8-10-5-3-6-11(16)7-10;/h3,5-7,9,13H,2,4,8,17H2,1H3,(H,18,19,20);1H. The van der Waals surface area contributed by atoms with Crippen molar-refractivity contribution in [3.63, 3.8) is 0 Å². The highest BCUT2D eigenvalue weighted by Gasteiger charge is 2.14. The van der Waals surface area contributed by atoms with E-state index in [0.717, 1.165) is 16.9 Å². The van der Waals surface area contributed by atoms with Gasteiger partial charge in [0, 0.05) is 17.5 Å². The maximum absolute atomic E-state index is 13.1. The highest BCUT2D eigenvalue weighted by molar-refractivity contribution is 7.15. The third-order valence-electron chi connectivity index (χ3n) is 2.99. The lowest BCUT2D eigenvalue weighted by Gasteiger charge is -2.08. The molecule has 0 saturated carbocycles. The van der Waals surface area contributed by atoms with Crippen LogP contribution in [0.4, 0.5) is 9.52 Å². The smallest absolute Gasteiger partial charge is 0.243 e. The number of rotatable bonds is 6. The Morgan fingerprint density at radius 3 is 2.95 bits per heavy atom. The molecule has 0 fully saturated rings. The van der Waals surface area contributed by atoms with Gasteiger partial charge in [-0.15, -0.1) is 23.7 Å². The molecule has 1 aromatic heterocycles. The van der Waals surface area contributed by atoms with E-state index in [1.165, 1.54) is 23.5 Å². The number of thiazole rings is 1. The fourth-order valence-electron chi connectivity index (χ4n) is 1.94. The number of hydrogen-bond acceptors (Lipinski definition) is 4. The van der Waals surface area contributed by atoms with Crippen LogP contribution in [-0.4, -0.2) is 16.9 Å². The number of carbonyl (C=O) groups is 1. The summed E-state index contributed by atoms with van der Waals surface area (Å²) in [5, 5.41) is 3.24. The molecule has 0 aliphatic carbocycles. The molecule has 0 radical (unpaired) electrons. The van der Waals surface area contributed by atoms with Crippen LogP contribution in [0.5, 0.6) is 0 Å². The van der Waals surface area contributed by atoms with Crippen molar-refractivity contribution >= 4 is 34.8 Å². The number of hydrogen-bond donors (Lipinski definition) is 2. The van der Waals surface area contributed by atoms with Crippen molar-refractivity contribution in [2.75, 3.05) is 5.32 Å². The summed E-state index contributed by atoms with van der Waals surface area (Å²) in [6.45, 7) is 1.98. The lowest BCUT2D eigenvalue weighted by molar-refractivity contribution is -0.117. The van der Waals surface area contributed by atoms with Crippen LogP contribution < -0.4 is 11.1 Å². The van der Waals surface area contributed by atoms with Crippen LogP contribution in [0.3, 0.4) is 0 Å². The SMILES string of the molecule is CCCC(N)C(=O)Nc1ncc(Cc2cccc(F)c2)s1.Cl. The molecular formula is C15H19ClFN3OS. The number of benzene rings is 1. The summed E-state index contributed by atoms with van der Waals surface area (Å²) in [5.74, 6) is -0.473. The first-order chi connectivity index (χ1) is 10.1. The Balaban J connectivity index is 0.00000242. The average molecular weight is 344 g/mol. The van der Waals surface area contributed by atoms with Crippen molar-refractivity contribution in [2.45, 2.75) is 32.2 Å². The first-order valence-corrected chi connectivity index (χ1v) is 7.65. The topological polar surface area (TPSA) is 68.0 Å². The van der Waals surface area contributed by atoms with Gasteiger partial charge in [0.1, 0.15) is 5.82 Å². The summed E-state index contributed by atoms with van der Waals surface area (Å²) in [4.78, 5) is 16.9. The number of nitrogens with zero attached hydrogens (tertiary/aromatic N) is 1. The molecule has 0 saturated heterocycles.